The van der Waals surface area contributed by atoms with Crippen molar-refractivity contribution in [3.8, 4) is 0 Å². The topological polar surface area (TPSA) is 26.3 Å². The van der Waals surface area contributed by atoms with Crippen molar-refractivity contribution in [2.24, 2.45) is 0 Å². The van der Waals surface area contributed by atoms with Gasteiger partial charge >= 0.3 is 5.97 Å². The van der Waals surface area contributed by atoms with Crippen molar-refractivity contribution < 1.29 is 9.53 Å². The lowest BCUT2D eigenvalue weighted by Gasteiger charge is -2.06. The zero-order valence-corrected chi connectivity index (χ0v) is 13.5. The van der Waals surface area contributed by atoms with Gasteiger partial charge in [-0.05, 0) is 34.0 Å². The van der Waals surface area contributed by atoms with Crippen LogP contribution in [0.25, 0.3) is 10.8 Å². The lowest BCUT2D eigenvalue weighted by atomic mass is 10.1. The van der Waals surface area contributed by atoms with Crippen molar-refractivity contribution in [2.75, 3.05) is 0 Å². The molecule has 0 radical (unpaired) electrons. The van der Waals surface area contributed by atoms with Gasteiger partial charge < -0.3 is 4.74 Å². The van der Waals surface area contributed by atoms with Crippen LogP contribution in [0.5, 0.6) is 0 Å². The fourth-order valence-corrected chi connectivity index (χ4v) is 2.71. The summed E-state index contributed by atoms with van der Waals surface area (Å²) in [6, 6.07) is 21.8. The highest BCUT2D eigenvalue weighted by Crippen LogP contribution is 2.21. The van der Waals surface area contributed by atoms with E-state index in [1.54, 1.807) is 0 Å². The Kier molecular flexibility index (Phi) is 4.54. The molecule has 0 bridgehead atoms. The van der Waals surface area contributed by atoms with Crippen molar-refractivity contribution in [3.05, 3.63) is 82.3 Å². The zero-order valence-electron chi connectivity index (χ0n) is 12.0. The Labute approximate surface area is 137 Å². The van der Waals surface area contributed by atoms with E-state index >= 15 is 0 Å². The van der Waals surface area contributed by atoms with E-state index in [-0.39, 0.29) is 5.97 Å². The molecule has 2 nitrogen and oxygen atoms in total. The first-order valence-corrected chi connectivity index (χ1v) is 7.88. The number of rotatable bonds is 4. The van der Waals surface area contributed by atoms with Gasteiger partial charge in [0.15, 0.2) is 0 Å². The van der Waals surface area contributed by atoms with Crippen LogP contribution in [-0.2, 0) is 22.6 Å². The maximum atomic E-state index is 11.9. The molecule has 0 amide bonds. The van der Waals surface area contributed by atoms with Crippen LogP contribution in [0.1, 0.15) is 11.1 Å². The molecule has 0 aliphatic heterocycles. The molecule has 3 aromatic carbocycles. The summed E-state index contributed by atoms with van der Waals surface area (Å²) in [6.45, 7) is 0.320. The molecule has 0 aromatic heterocycles. The average molecular weight is 355 g/mol. The monoisotopic (exact) mass is 354 g/mol. The Balaban J connectivity index is 1.65. The van der Waals surface area contributed by atoms with Gasteiger partial charge in [-0.25, -0.2) is 0 Å². The van der Waals surface area contributed by atoms with E-state index in [1.165, 1.54) is 0 Å². The van der Waals surface area contributed by atoms with Crippen LogP contribution >= 0.6 is 15.9 Å². The van der Waals surface area contributed by atoms with Gasteiger partial charge in [-0.3, -0.25) is 4.79 Å². The Morgan fingerprint density at radius 1 is 0.864 bits per heavy atom. The lowest BCUT2D eigenvalue weighted by Crippen LogP contribution is -2.07. The van der Waals surface area contributed by atoms with E-state index in [4.69, 9.17) is 4.74 Å². The summed E-state index contributed by atoms with van der Waals surface area (Å²) in [4.78, 5) is 11.9. The fourth-order valence-electron chi connectivity index (χ4n) is 2.33. The standard InChI is InChI=1S/C19H15BrO2/c20-18-9-8-16-10-15(6-7-17(16)12-18)11-19(21)22-13-14-4-2-1-3-5-14/h1-10,12H,11,13H2. The van der Waals surface area contributed by atoms with Gasteiger partial charge in [-0.2, -0.15) is 0 Å². The maximum Gasteiger partial charge on any atom is 0.310 e. The lowest BCUT2D eigenvalue weighted by molar-refractivity contribution is -0.144. The van der Waals surface area contributed by atoms with Gasteiger partial charge in [0, 0.05) is 4.47 Å². The molecule has 0 aliphatic rings. The molecular formula is C19H15BrO2. The number of hydrogen-bond donors (Lipinski definition) is 0. The number of carbonyl (C=O) groups excluding carboxylic acids is 1. The third kappa shape index (κ3) is 3.74. The van der Waals surface area contributed by atoms with Gasteiger partial charge in [0.05, 0.1) is 6.42 Å². The molecule has 0 saturated carbocycles. The second-order valence-electron chi connectivity index (χ2n) is 5.15. The summed E-state index contributed by atoms with van der Waals surface area (Å²) < 4.78 is 6.37. The molecule has 3 rings (SSSR count). The number of carbonyl (C=O) groups is 1. The van der Waals surface area contributed by atoms with Crippen molar-refractivity contribution in [1.29, 1.82) is 0 Å². The summed E-state index contributed by atoms with van der Waals surface area (Å²) in [6.07, 6.45) is 0.291. The second kappa shape index (κ2) is 6.75. The van der Waals surface area contributed by atoms with Crippen molar-refractivity contribution >= 4 is 32.7 Å². The number of hydrogen-bond acceptors (Lipinski definition) is 2. The van der Waals surface area contributed by atoms with E-state index < -0.39 is 0 Å². The van der Waals surface area contributed by atoms with Crippen LogP contribution in [0.3, 0.4) is 0 Å². The van der Waals surface area contributed by atoms with E-state index in [2.05, 4.69) is 22.0 Å². The van der Waals surface area contributed by atoms with Gasteiger partial charge in [0.1, 0.15) is 6.61 Å². The van der Waals surface area contributed by atoms with Gasteiger partial charge in [-0.15, -0.1) is 0 Å². The molecule has 0 aliphatic carbocycles. The maximum absolute atomic E-state index is 11.9. The summed E-state index contributed by atoms with van der Waals surface area (Å²) >= 11 is 3.46. The Hall–Kier alpha value is -2.13. The average Bonchev–Trinajstić information content (AvgIpc) is 2.54. The summed E-state index contributed by atoms with van der Waals surface area (Å²) in [5, 5.41) is 2.27. The molecule has 0 N–H and O–H groups in total. The summed E-state index contributed by atoms with van der Waals surface area (Å²) in [5.74, 6) is -0.208. The van der Waals surface area contributed by atoms with Crippen LogP contribution < -0.4 is 0 Å². The SMILES string of the molecule is O=C(Cc1ccc2cc(Br)ccc2c1)OCc1ccccc1. The normalized spacial score (nSPS) is 10.6. The predicted molar refractivity (Wildman–Crippen MR) is 91.6 cm³/mol. The van der Waals surface area contributed by atoms with Crippen LogP contribution in [0.4, 0.5) is 0 Å². The quantitative estimate of drug-likeness (QED) is 0.623. The Bertz CT molecular complexity index is 797. The minimum Gasteiger partial charge on any atom is -0.461 e. The third-order valence-corrected chi connectivity index (χ3v) is 3.95. The van der Waals surface area contributed by atoms with Crippen LogP contribution in [0.2, 0.25) is 0 Å². The first-order valence-electron chi connectivity index (χ1n) is 7.08. The van der Waals surface area contributed by atoms with Gasteiger partial charge in [0.2, 0.25) is 0 Å². The molecule has 0 saturated heterocycles. The van der Waals surface area contributed by atoms with E-state index in [0.717, 1.165) is 26.4 Å². The minimum atomic E-state index is -0.208. The number of ether oxygens (including phenoxy) is 1. The predicted octanol–water partition coefficient (Wildman–Crippen LogP) is 4.89. The van der Waals surface area contributed by atoms with Crippen LogP contribution in [-0.4, -0.2) is 5.97 Å². The fraction of sp³-hybridized carbons (Fsp3) is 0.105. The van der Waals surface area contributed by atoms with Crippen molar-refractivity contribution in [2.45, 2.75) is 13.0 Å². The van der Waals surface area contributed by atoms with Gasteiger partial charge in [0.25, 0.3) is 0 Å². The van der Waals surface area contributed by atoms with E-state index in [9.17, 15) is 4.79 Å². The Morgan fingerprint density at radius 2 is 1.59 bits per heavy atom. The summed E-state index contributed by atoms with van der Waals surface area (Å²) in [7, 11) is 0. The molecule has 0 unspecified atom stereocenters. The highest BCUT2D eigenvalue weighted by molar-refractivity contribution is 9.10. The van der Waals surface area contributed by atoms with E-state index in [1.807, 2.05) is 60.7 Å². The highest BCUT2D eigenvalue weighted by Gasteiger charge is 2.06. The van der Waals surface area contributed by atoms with E-state index in [0.29, 0.717) is 13.0 Å². The molecule has 3 heteroatoms. The smallest absolute Gasteiger partial charge is 0.310 e. The number of halogens is 1. The molecule has 0 atom stereocenters. The highest BCUT2D eigenvalue weighted by atomic mass is 79.9. The number of benzene rings is 3. The minimum absolute atomic E-state index is 0.208. The zero-order chi connectivity index (χ0) is 15.4. The molecule has 0 fully saturated rings. The molecule has 3 aromatic rings. The third-order valence-electron chi connectivity index (χ3n) is 3.46. The van der Waals surface area contributed by atoms with Crippen LogP contribution in [0.15, 0.2) is 71.2 Å². The number of fused-ring (bicyclic) bond motifs is 1. The molecular weight excluding hydrogens is 340 g/mol. The molecule has 0 spiro atoms. The molecule has 22 heavy (non-hydrogen) atoms. The van der Waals surface area contributed by atoms with Gasteiger partial charge in [-0.1, -0.05) is 70.5 Å². The van der Waals surface area contributed by atoms with Crippen LogP contribution in [0, 0.1) is 0 Å². The first-order chi connectivity index (χ1) is 10.7. The van der Waals surface area contributed by atoms with Crippen molar-refractivity contribution in [1.82, 2.24) is 0 Å². The second-order valence-corrected chi connectivity index (χ2v) is 6.06. The first kappa shape index (κ1) is 14.8. The number of esters is 1. The largest absolute Gasteiger partial charge is 0.461 e. The molecule has 110 valence electrons. The van der Waals surface area contributed by atoms with Crippen molar-refractivity contribution in [3.63, 3.8) is 0 Å². The molecule has 0 heterocycles. The Morgan fingerprint density at radius 3 is 2.41 bits per heavy atom. The summed E-state index contributed by atoms with van der Waals surface area (Å²) in [5.41, 5.74) is 1.96.